The Hall–Kier alpha value is -1.85. The van der Waals surface area contributed by atoms with Crippen molar-refractivity contribution in [2.75, 3.05) is 17.6 Å². The fourth-order valence-electron chi connectivity index (χ4n) is 2.48. The van der Waals surface area contributed by atoms with E-state index in [-0.39, 0.29) is 11.5 Å². The van der Waals surface area contributed by atoms with Crippen LogP contribution in [0.1, 0.15) is 26.2 Å². The van der Waals surface area contributed by atoms with E-state index >= 15 is 0 Å². The third-order valence-electron chi connectivity index (χ3n) is 3.68. The molecule has 1 aliphatic carbocycles. The van der Waals surface area contributed by atoms with E-state index < -0.39 is 4.92 Å². The fourth-order valence-corrected chi connectivity index (χ4v) is 2.48. The smallest absolute Gasteiger partial charge is 0.311 e. The zero-order valence-electron chi connectivity index (χ0n) is 10.4. The topological polar surface area (TPSA) is 94.1 Å². The van der Waals surface area contributed by atoms with Gasteiger partial charge in [-0.05, 0) is 24.3 Å². The van der Waals surface area contributed by atoms with Gasteiger partial charge in [-0.2, -0.15) is 0 Å². The number of nitro groups is 1. The zero-order chi connectivity index (χ0) is 13.1. The summed E-state index contributed by atoms with van der Waals surface area (Å²) in [5, 5.41) is 13.8. The molecule has 1 fully saturated rings. The molecule has 18 heavy (non-hydrogen) atoms. The van der Waals surface area contributed by atoms with E-state index in [1.807, 2.05) is 0 Å². The van der Waals surface area contributed by atoms with Crippen LogP contribution in [0.3, 0.4) is 0 Å². The van der Waals surface area contributed by atoms with E-state index in [1.54, 1.807) is 6.07 Å². The standard InChI is InChI=1S/C12H18N4O2/c1-8-3-2-4-9(8)7-14-11-6-5-10(16(17)18)12(13)15-11/h5-6,8-9H,2-4,7H2,1H3,(H3,13,14,15). The molecule has 6 nitrogen and oxygen atoms in total. The Labute approximate surface area is 106 Å². The third kappa shape index (κ3) is 2.69. The van der Waals surface area contributed by atoms with Crippen LogP contribution in [0, 0.1) is 22.0 Å². The summed E-state index contributed by atoms with van der Waals surface area (Å²) in [4.78, 5) is 14.1. The fraction of sp³-hybridized carbons (Fsp3) is 0.583. The number of nitrogens with one attached hydrogen (secondary N) is 1. The van der Waals surface area contributed by atoms with Crippen LogP contribution in [0.15, 0.2) is 12.1 Å². The number of pyridine rings is 1. The predicted octanol–water partition coefficient (Wildman–Crippen LogP) is 2.42. The van der Waals surface area contributed by atoms with Crippen molar-refractivity contribution in [2.24, 2.45) is 11.8 Å². The van der Waals surface area contributed by atoms with Crippen LogP contribution >= 0.6 is 0 Å². The lowest BCUT2D eigenvalue weighted by molar-refractivity contribution is -0.384. The first-order valence-corrected chi connectivity index (χ1v) is 6.22. The summed E-state index contributed by atoms with van der Waals surface area (Å²) in [7, 11) is 0. The zero-order valence-corrected chi connectivity index (χ0v) is 10.4. The molecular formula is C12H18N4O2. The maximum atomic E-state index is 10.6. The van der Waals surface area contributed by atoms with Crippen LogP contribution < -0.4 is 11.1 Å². The number of nitrogens with zero attached hydrogens (tertiary/aromatic N) is 2. The summed E-state index contributed by atoms with van der Waals surface area (Å²) >= 11 is 0. The Morgan fingerprint density at radius 2 is 2.33 bits per heavy atom. The van der Waals surface area contributed by atoms with Crippen LogP contribution in [0.5, 0.6) is 0 Å². The predicted molar refractivity (Wildman–Crippen MR) is 70.3 cm³/mol. The van der Waals surface area contributed by atoms with Crippen molar-refractivity contribution in [3.05, 3.63) is 22.2 Å². The van der Waals surface area contributed by atoms with E-state index in [4.69, 9.17) is 5.73 Å². The van der Waals surface area contributed by atoms with E-state index in [2.05, 4.69) is 17.2 Å². The Morgan fingerprint density at radius 1 is 1.56 bits per heavy atom. The first-order chi connectivity index (χ1) is 8.58. The minimum Gasteiger partial charge on any atom is -0.378 e. The van der Waals surface area contributed by atoms with Crippen LogP contribution in [0.2, 0.25) is 0 Å². The summed E-state index contributed by atoms with van der Waals surface area (Å²) in [6.07, 6.45) is 3.79. The van der Waals surface area contributed by atoms with Crippen LogP contribution in [-0.2, 0) is 0 Å². The van der Waals surface area contributed by atoms with Gasteiger partial charge < -0.3 is 11.1 Å². The lowest BCUT2D eigenvalue weighted by Crippen LogP contribution is -2.17. The Balaban J connectivity index is 1.98. The molecule has 0 amide bonds. The second-order valence-corrected chi connectivity index (χ2v) is 4.91. The van der Waals surface area contributed by atoms with Crippen molar-refractivity contribution in [2.45, 2.75) is 26.2 Å². The third-order valence-corrected chi connectivity index (χ3v) is 3.68. The van der Waals surface area contributed by atoms with E-state index in [0.29, 0.717) is 11.7 Å². The first kappa shape index (κ1) is 12.6. The molecule has 2 unspecified atom stereocenters. The van der Waals surface area contributed by atoms with Gasteiger partial charge in [0, 0.05) is 12.6 Å². The maximum Gasteiger partial charge on any atom is 0.311 e. The second kappa shape index (κ2) is 5.20. The van der Waals surface area contributed by atoms with Crippen molar-refractivity contribution in [1.82, 2.24) is 4.98 Å². The van der Waals surface area contributed by atoms with E-state index in [9.17, 15) is 10.1 Å². The summed E-state index contributed by atoms with van der Waals surface area (Å²) < 4.78 is 0. The molecule has 0 radical (unpaired) electrons. The number of nitrogen functional groups attached to an aromatic ring is 1. The summed E-state index contributed by atoms with van der Waals surface area (Å²) in [5.41, 5.74) is 5.40. The van der Waals surface area contributed by atoms with Crippen molar-refractivity contribution < 1.29 is 4.92 Å². The highest BCUT2D eigenvalue weighted by Crippen LogP contribution is 2.31. The van der Waals surface area contributed by atoms with Gasteiger partial charge in [-0.1, -0.05) is 19.8 Å². The molecule has 1 aliphatic rings. The highest BCUT2D eigenvalue weighted by molar-refractivity contribution is 5.57. The molecule has 0 aliphatic heterocycles. The number of hydrogen-bond donors (Lipinski definition) is 2. The molecule has 0 aromatic carbocycles. The number of nitrogens with two attached hydrogens (primary N) is 1. The average Bonchev–Trinajstić information content (AvgIpc) is 2.72. The number of rotatable bonds is 4. The van der Waals surface area contributed by atoms with Gasteiger partial charge in [0.2, 0.25) is 5.82 Å². The van der Waals surface area contributed by atoms with Crippen LogP contribution in [0.4, 0.5) is 17.3 Å². The van der Waals surface area contributed by atoms with Crippen LogP contribution in [-0.4, -0.2) is 16.5 Å². The van der Waals surface area contributed by atoms with E-state index in [1.165, 1.54) is 25.3 Å². The highest BCUT2D eigenvalue weighted by Gasteiger charge is 2.23. The number of anilines is 2. The van der Waals surface area contributed by atoms with Gasteiger partial charge in [0.15, 0.2) is 0 Å². The molecule has 98 valence electrons. The maximum absolute atomic E-state index is 10.6. The van der Waals surface area contributed by atoms with Gasteiger partial charge in [0.1, 0.15) is 5.82 Å². The lowest BCUT2D eigenvalue weighted by Gasteiger charge is -2.16. The van der Waals surface area contributed by atoms with Gasteiger partial charge >= 0.3 is 5.69 Å². The molecule has 0 spiro atoms. The molecule has 2 rings (SSSR count). The monoisotopic (exact) mass is 250 g/mol. The van der Waals surface area contributed by atoms with Crippen molar-refractivity contribution in [3.8, 4) is 0 Å². The molecule has 0 saturated heterocycles. The number of hydrogen-bond acceptors (Lipinski definition) is 5. The second-order valence-electron chi connectivity index (χ2n) is 4.91. The van der Waals surface area contributed by atoms with Crippen molar-refractivity contribution in [1.29, 1.82) is 0 Å². The average molecular weight is 250 g/mol. The van der Waals surface area contributed by atoms with E-state index in [0.717, 1.165) is 12.5 Å². The Morgan fingerprint density at radius 3 is 2.89 bits per heavy atom. The molecule has 3 N–H and O–H groups in total. The Kier molecular flexibility index (Phi) is 3.64. The first-order valence-electron chi connectivity index (χ1n) is 6.22. The summed E-state index contributed by atoms with van der Waals surface area (Å²) in [6, 6.07) is 3.00. The van der Waals surface area contributed by atoms with Gasteiger partial charge in [0.05, 0.1) is 4.92 Å². The quantitative estimate of drug-likeness (QED) is 0.632. The summed E-state index contributed by atoms with van der Waals surface area (Å²) in [6.45, 7) is 3.11. The molecule has 2 atom stereocenters. The van der Waals surface area contributed by atoms with Crippen molar-refractivity contribution >= 4 is 17.3 Å². The van der Waals surface area contributed by atoms with Gasteiger partial charge in [-0.3, -0.25) is 10.1 Å². The normalized spacial score (nSPS) is 22.9. The molecule has 6 heteroatoms. The lowest BCUT2D eigenvalue weighted by atomic mass is 9.98. The highest BCUT2D eigenvalue weighted by atomic mass is 16.6. The molecule has 1 aromatic heterocycles. The largest absolute Gasteiger partial charge is 0.378 e. The molecule has 1 aromatic rings. The molecule has 1 heterocycles. The van der Waals surface area contributed by atoms with Gasteiger partial charge in [-0.15, -0.1) is 0 Å². The van der Waals surface area contributed by atoms with Crippen molar-refractivity contribution in [3.63, 3.8) is 0 Å². The molecule has 1 saturated carbocycles. The Bertz CT molecular complexity index is 450. The van der Waals surface area contributed by atoms with Crippen LogP contribution in [0.25, 0.3) is 0 Å². The minimum atomic E-state index is -0.523. The molecule has 0 bridgehead atoms. The summed E-state index contributed by atoms with van der Waals surface area (Å²) in [5.74, 6) is 1.96. The SMILES string of the molecule is CC1CCCC1CNc1ccc([N+](=O)[O-])c(N)n1. The number of aromatic nitrogens is 1. The van der Waals surface area contributed by atoms with Gasteiger partial charge in [0.25, 0.3) is 0 Å². The molecular weight excluding hydrogens is 232 g/mol. The van der Waals surface area contributed by atoms with Gasteiger partial charge in [-0.25, -0.2) is 4.98 Å². The minimum absolute atomic E-state index is 0.0375.